The molecule has 0 aliphatic rings. The largest absolute Gasteiger partial charge is 0.493 e. The fraction of sp³-hybridized carbons (Fsp3) is 0.345. The normalized spacial score (nSPS) is 12.7. The molecular weight excluding hydrogens is 526 g/mol. The monoisotopic (exact) mass is 554 g/mol. The van der Waals surface area contributed by atoms with Crippen molar-refractivity contribution < 1.29 is 45.7 Å². The zero-order valence-corrected chi connectivity index (χ0v) is 21.3. The van der Waals surface area contributed by atoms with Crippen LogP contribution in [0.1, 0.15) is 48.9 Å². The lowest BCUT2D eigenvalue weighted by atomic mass is 9.97. The molecule has 0 unspecified atom stereocenters. The van der Waals surface area contributed by atoms with Crippen LogP contribution in [0, 0.1) is 0 Å². The zero-order valence-electron chi connectivity index (χ0n) is 21.3. The summed E-state index contributed by atoms with van der Waals surface area (Å²) in [5, 5.41) is 8.91. The van der Waals surface area contributed by atoms with Gasteiger partial charge in [0.2, 0.25) is 0 Å². The predicted octanol–water partition coefficient (Wildman–Crippen LogP) is 8.21. The molecule has 10 heteroatoms. The number of rotatable bonds is 11. The Morgan fingerprint density at radius 2 is 1.62 bits per heavy atom. The molecule has 39 heavy (non-hydrogen) atoms. The van der Waals surface area contributed by atoms with E-state index >= 15 is 0 Å². The summed E-state index contributed by atoms with van der Waals surface area (Å²) in [6, 6.07) is 13.5. The Hall–Kier alpha value is -3.69. The summed E-state index contributed by atoms with van der Waals surface area (Å²) >= 11 is 0. The van der Waals surface area contributed by atoms with Gasteiger partial charge in [-0.15, -0.1) is 0 Å². The third-order valence-corrected chi connectivity index (χ3v) is 6.09. The molecule has 0 aliphatic carbocycles. The number of halogens is 6. The lowest BCUT2D eigenvalue weighted by molar-refractivity contribution is -0.144. The summed E-state index contributed by atoms with van der Waals surface area (Å²) < 4.78 is 93.6. The molecule has 3 aromatic rings. The number of hydrogen-bond donors (Lipinski definition) is 1. The second-order valence-electron chi connectivity index (χ2n) is 9.01. The van der Waals surface area contributed by atoms with Crippen LogP contribution in [0.2, 0.25) is 0 Å². The minimum Gasteiger partial charge on any atom is -0.493 e. The summed E-state index contributed by atoms with van der Waals surface area (Å²) in [6.07, 6.45) is -9.72. The first-order valence-corrected chi connectivity index (χ1v) is 12.3. The van der Waals surface area contributed by atoms with E-state index < -0.39 is 41.3 Å². The smallest absolute Gasteiger partial charge is 0.420 e. The number of ether oxygens (including phenoxy) is 2. The molecule has 0 radical (unpaired) electrons. The molecule has 3 aromatic carbocycles. The molecule has 0 spiro atoms. The van der Waals surface area contributed by atoms with Crippen LogP contribution >= 0.6 is 0 Å². The Bertz CT molecular complexity index is 1270. The number of hydrogen-bond acceptors (Lipinski definition) is 3. The molecule has 0 amide bonds. The van der Waals surface area contributed by atoms with Crippen molar-refractivity contribution in [1.82, 2.24) is 0 Å². The first-order valence-electron chi connectivity index (χ1n) is 12.3. The van der Waals surface area contributed by atoms with E-state index in [4.69, 9.17) is 14.6 Å². The lowest BCUT2D eigenvalue weighted by Gasteiger charge is -2.23. The highest BCUT2D eigenvalue weighted by Crippen LogP contribution is 2.46. The Balaban J connectivity index is 1.81. The average Bonchev–Trinajstić information content (AvgIpc) is 2.87. The zero-order chi connectivity index (χ0) is 28.8. The molecule has 4 nitrogen and oxygen atoms in total. The van der Waals surface area contributed by atoms with Gasteiger partial charge in [0.1, 0.15) is 11.5 Å². The van der Waals surface area contributed by atoms with Crippen LogP contribution in [0.15, 0.2) is 60.7 Å². The third-order valence-electron chi connectivity index (χ3n) is 6.09. The number of carboxylic acid groups (broad SMARTS) is 1. The van der Waals surface area contributed by atoms with Gasteiger partial charge in [0, 0.05) is 18.4 Å². The van der Waals surface area contributed by atoms with Crippen molar-refractivity contribution in [3.8, 4) is 22.6 Å². The number of benzene rings is 3. The van der Waals surface area contributed by atoms with E-state index in [1.807, 2.05) is 6.92 Å². The van der Waals surface area contributed by atoms with E-state index in [-0.39, 0.29) is 36.6 Å². The Kier molecular flexibility index (Phi) is 9.53. The minimum atomic E-state index is -5.09. The van der Waals surface area contributed by atoms with E-state index in [9.17, 15) is 31.1 Å². The van der Waals surface area contributed by atoms with Crippen LogP contribution in [0.25, 0.3) is 11.1 Å². The Morgan fingerprint density at radius 1 is 0.923 bits per heavy atom. The van der Waals surface area contributed by atoms with Crippen molar-refractivity contribution in [2.45, 2.75) is 58.0 Å². The summed E-state index contributed by atoms with van der Waals surface area (Å²) in [5.41, 5.74) is -1.27. The molecule has 0 saturated heterocycles. The molecule has 1 N–H and O–H groups in total. The topological polar surface area (TPSA) is 55.8 Å². The van der Waals surface area contributed by atoms with Crippen molar-refractivity contribution in [1.29, 1.82) is 0 Å². The number of aliphatic carboxylic acids is 1. The highest BCUT2D eigenvalue weighted by Gasteiger charge is 2.41. The van der Waals surface area contributed by atoms with Crippen LogP contribution in [0.3, 0.4) is 0 Å². The highest BCUT2D eigenvalue weighted by molar-refractivity contribution is 5.74. The fourth-order valence-electron chi connectivity index (χ4n) is 4.07. The van der Waals surface area contributed by atoms with Gasteiger partial charge < -0.3 is 14.6 Å². The number of carboxylic acids is 1. The fourth-order valence-corrected chi connectivity index (χ4v) is 4.07. The summed E-state index contributed by atoms with van der Waals surface area (Å²) in [4.78, 5) is 10.9. The van der Waals surface area contributed by atoms with Crippen LogP contribution in [0.5, 0.6) is 11.5 Å². The van der Waals surface area contributed by atoms with Crippen LogP contribution in [-0.4, -0.2) is 23.8 Å². The van der Waals surface area contributed by atoms with E-state index in [0.29, 0.717) is 24.7 Å². The number of alkyl halides is 6. The maximum absolute atomic E-state index is 13.9. The maximum atomic E-state index is 13.9. The van der Waals surface area contributed by atoms with Gasteiger partial charge in [0.05, 0.1) is 23.8 Å². The van der Waals surface area contributed by atoms with Crippen molar-refractivity contribution in [2.75, 3.05) is 6.61 Å². The molecule has 3 rings (SSSR count). The average molecular weight is 555 g/mol. The molecule has 0 bridgehead atoms. The van der Waals surface area contributed by atoms with E-state index in [0.717, 1.165) is 11.1 Å². The van der Waals surface area contributed by atoms with Crippen molar-refractivity contribution in [3.05, 3.63) is 82.9 Å². The Labute approximate surface area is 222 Å². The number of aryl methyl sites for hydroxylation is 2. The standard InChI is InChI=1S/C29H28F6O4/c1-3-19-15-23(11-9-20(19)10-12-26(36)37)38-14-13-18(2)39-27-24(21-7-5-4-6-8-21)16-22(28(30,31)32)17-25(27)29(33,34)35/h4-9,11,15-18H,3,10,12-14H2,1-2H3,(H,36,37)/t18-/m0/s1. The molecule has 210 valence electrons. The van der Waals surface area contributed by atoms with E-state index in [1.165, 1.54) is 31.2 Å². The van der Waals surface area contributed by atoms with Crippen LogP contribution in [-0.2, 0) is 30.0 Å². The summed E-state index contributed by atoms with van der Waals surface area (Å²) in [7, 11) is 0. The third kappa shape index (κ3) is 8.15. The van der Waals surface area contributed by atoms with Crippen LogP contribution in [0.4, 0.5) is 26.3 Å². The van der Waals surface area contributed by atoms with Gasteiger partial charge in [-0.1, -0.05) is 43.3 Å². The van der Waals surface area contributed by atoms with Crippen molar-refractivity contribution in [2.24, 2.45) is 0 Å². The van der Waals surface area contributed by atoms with Gasteiger partial charge in [0.15, 0.2) is 0 Å². The summed E-state index contributed by atoms with van der Waals surface area (Å²) in [6.45, 7) is 3.51. The molecule has 0 aromatic heterocycles. The molecule has 1 atom stereocenters. The second kappa shape index (κ2) is 12.4. The number of carbonyl (C=O) groups is 1. The van der Waals surface area contributed by atoms with Crippen LogP contribution < -0.4 is 9.47 Å². The van der Waals surface area contributed by atoms with Gasteiger partial charge in [0.25, 0.3) is 0 Å². The molecule has 0 heterocycles. The summed E-state index contributed by atoms with van der Waals surface area (Å²) in [5.74, 6) is -1.07. The van der Waals surface area contributed by atoms with Gasteiger partial charge in [-0.05, 0) is 60.7 Å². The second-order valence-corrected chi connectivity index (χ2v) is 9.01. The quantitative estimate of drug-likeness (QED) is 0.243. The van der Waals surface area contributed by atoms with Gasteiger partial charge in [-0.25, -0.2) is 0 Å². The van der Waals surface area contributed by atoms with Gasteiger partial charge >= 0.3 is 18.3 Å². The van der Waals surface area contributed by atoms with Crippen molar-refractivity contribution >= 4 is 5.97 Å². The lowest BCUT2D eigenvalue weighted by Crippen LogP contribution is -2.20. The molecular formula is C29H28F6O4. The Morgan fingerprint density at radius 3 is 2.21 bits per heavy atom. The molecule has 0 saturated carbocycles. The van der Waals surface area contributed by atoms with Gasteiger partial charge in [-0.2, -0.15) is 26.3 Å². The SMILES string of the molecule is CCc1cc(OCC[C@H](C)Oc2c(-c3ccccc3)cc(C(F)(F)F)cc2C(F)(F)F)ccc1CCC(=O)O. The minimum absolute atomic E-state index is 0.00308. The first-order chi connectivity index (χ1) is 18.3. The van der Waals surface area contributed by atoms with E-state index in [2.05, 4.69) is 0 Å². The molecule has 0 fully saturated rings. The van der Waals surface area contributed by atoms with Crippen molar-refractivity contribution in [3.63, 3.8) is 0 Å². The van der Waals surface area contributed by atoms with E-state index in [1.54, 1.807) is 24.3 Å². The highest BCUT2D eigenvalue weighted by atomic mass is 19.4. The first kappa shape index (κ1) is 29.9. The maximum Gasteiger partial charge on any atom is 0.420 e. The molecule has 0 aliphatic heterocycles. The van der Waals surface area contributed by atoms with Gasteiger partial charge in [-0.3, -0.25) is 4.79 Å². The predicted molar refractivity (Wildman–Crippen MR) is 134 cm³/mol.